The molecule has 1 aliphatic carbocycles. The molecule has 296 valence electrons. The van der Waals surface area contributed by atoms with E-state index in [9.17, 15) is 18.8 Å². The molecule has 1 N–H and O–H groups in total. The van der Waals surface area contributed by atoms with E-state index in [4.69, 9.17) is 27.5 Å². The molecule has 8 nitrogen and oxygen atoms in total. The lowest BCUT2D eigenvalue weighted by molar-refractivity contribution is -0.133. The summed E-state index contributed by atoms with van der Waals surface area (Å²) in [5.74, 6) is 2.70. The molecule has 0 saturated heterocycles. The minimum absolute atomic E-state index is 0.0131. The Kier molecular flexibility index (Phi) is 11.9. The summed E-state index contributed by atoms with van der Waals surface area (Å²) in [6.45, 7) is 4.16. The van der Waals surface area contributed by atoms with Crippen LogP contribution in [0.3, 0.4) is 0 Å². The number of carbonyl (C=O) groups excluding carboxylic acids is 3. The number of hydrogen-bond donors (Lipinski definition) is 1. The van der Waals surface area contributed by atoms with Gasteiger partial charge in [0.1, 0.15) is 23.2 Å². The van der Waals surface area contributed by atoms with Gasteiger partial charge in [-0.25, -0.2) is 4.39 Å². The standard InChI is InChI=1S/C47H49ClFN3O5/c1-6-8-9-36-24-32-25-37(56-4)18-20-39(32)45(52(36)43(54)27-48)29-10-12-31(13-11-29)47(55)50-35-22-33(23-35)44-28(3)51(42(53)7-2)46(30-14-16-34(49)17-15-30)40-21-19-38(57-5)26-41(40)44/h2,10-21,25-26,28,33,35-36,44-46H,6,8-9,22-24,27H2,1,3-5H3,(H,50,55)/t28-,33?,35?,36-,44?,45-,46-/m0/s1. The predicted molar refractivity (Wildman–Crippen MR) is 219 cm³/mol. The first-order chi connectivity index (χ1) is 27.6. The van der Waals surface area contributed by atoms with Crippen molar-refractivity contribution in [2.24, 2.45) is 5.92 Å². The Morgan fingerprint density at radius 2 is 1.47 bits per heavy atom. The number of fused-ring (bicyclic) bond motifs is 2. The van der Waals surface area contributed by atoms with E-state index in [0.29, 0.717) is 24.2 Å². The zero-order valence-corrected chi connectivity index (χ0v) is 33.6. The molecule has 2 heterocycles. The number of nitrogens with one attached hydrogen (secondary N) is 1. The van der Waals surface area contributed by atoms with E-state index < -0.39 is 11.9 Å². The number of rotatable bonds is 11. The summed E-state index contributed by atoms with van der Waals surface area (Å²) in [6.07, 6.45) is 10.8. The van der Waals surface area contributed by atoms with E-state index in [1.165, 1.54) is 12.1 Å². The summed E-state index contributed by atoms with van der Waals surface area (Å²) in [6, 6.07) is 24.4. The normalized spacial score (nSPS) is 23.6. The fourth-order valence-corrected chi connectivity index (χ4v) is 9.64. The maximum atomic E-state index is 14.0. The van der Waals surface area contributed by atoms with Crippen molar-refractivity contribution in [1.29, 1.82) is 0 Å². The van der Waals surface area contributed by atoms with Gasteiger partial charge in [0.2, 0.25) is 5.91 Å². The molecule has 57 heavy (non-hydrogen) atoms. The average Bonchev–Trinajstić information content (AvgIpc) is 3.22. The summed E-state index contributed by atoms with van der Waals surface area (Å²) in [7, 11) is 3.28. The molecule has 10 heteroatoms. The lowest BCUT2D eigenvalue weighted by Gasteiger charge is -2.51. The second-order valence-electron chi connectivity index (χ2n) is 15.5. The average molecular weight is 790 g/mol. The van der Waals surface area contributed by atoms with Gasteiger partial charge in [-0.2, -0.15) is 0 Å². The molecular weight excluding hydrogens is 741 g/mol. The van der Waals surface area contributed by atoms with Gasteiger partial charge in [-0.15, -0.1) is 18.0 Å². The Labute approximate surface area is 339 Å². The molecule has 3 aliphatic rings. The molecule has 1 unspecified atom stereocenters. The number of halogens is 2. The number of unbranched alkanes of at least 4 members (excludes halogenated alkanes) is 1. The molecule has 3 amide bonds. The Morgan fingerprint density at radius 1 is 0.860 bits per heavy atom. The molecule has 1 fully saturated rings. The minimum Gasteiger partial charge on any atom is -0.497 e. The van der Waals surface area contributed by atoms with Crippen molar-refractivity contribution in [2.75, 3.05) is 20.1 Å². The monoisotopic (exact) mass is 789 g/mol. The van der Waals surface area contributed by atoms with Crippen LogP contribution < -0.4 is 14.8 Å². The molecule has 7 rings (SSSR count). The third-order valence-corrected chi connectivity index (χ3v) is 12.5. The number of nitrogens with zero attached hydrogens (tertiary/aromatic N) is 2. The summed E-state index contributed by atoms with van der Waals surface area (Å²) < 4.78 is 25.2. The van der Waals surface area contributed by atoms with Gasteiger partial charge < -0.3 is 24.6 Å². The zero-order chi connectivity index (χ0) is 40.4. The van der Waals surface area contributed by atoms with Gasteiger partial charge >= 0.3 is 0 Å². The fourth-order valence-electron chi connectivity index (χ4n) is 9.51. The van der Waals surface area contributed by atoms with Crippen LogP contribution in [0.15, 0.2) is 84.9 Å². The van der Waals surface area contributed by atoms with E-state index in [0.717, 1.165) is 64.8 Å². The van der Waals surface area contributed by atoms with Crippen LogP contribution in [0.1, 0.15) is 108 Å². The van der Waals surface area contributed by atoms with Crippen molar-refractivity contribution >= 4 is 29.3 Å². The third kappa shape index (κ3) is 7.72. The van der Waals surface area contributed by atoms with Crippen LogP contribution in [0.4, 0.5) is 4.39 Å². The number of amides is 3. The molecule has 0 aromatic heterocycles. The Morgan fingerprint density at radius 3 is 2.09 bits per heavy atom. The van der Waals surface area contributed by atoms with Crippen LogP contribution in [0.5, 0.6) is 11.5 Å². The smallest absolute Gasteiger partial charge is 0.299 e. The Bertz CT molecular complexity index is 2160. The predicted octanol–water partition coefficient (Wildman–Crippen LogP) is 8.36. The molecule has 0 bridgehead atoms. The maximum Gasteiger partial charge on any atom is 0.299 e. The summed E-state index contributed by atoms with van der Waals surface area (Å²) in [4.78, 5) is 44.3. The quantitative estimate of drug-likeness (QED) is 0.122. The third-order valence-electron chi connectivity index (χ3n) is 12.3. The summed E-state index contributed by atoms with van der Waals surface area (Å²) >= 11 is 6.21. The van der Waals surface area contributed by atoms with Crippen LogP contribution in [-0.4, -0.2) is 65.7 Å². The van der Waals surface area contributed by atoms with Crippen LogP contribution in [-0.2, 0) is 16.0 Å². The van der Waals surface area contributed by atoms with Crippen molar-refractivity contribution < 1.29 is 28.2 Å². The minimum atomic E-state index is -0.493. The van der Waals surface area contributed by atoms with Gasteiger partial charge in [0, 0.05) is 29.6 Å². The van der Waals surface area contributed by atoms with Gasteiger partial charge in [-0.3, -0.25) is 14.4 Å². The molecule has 0 spiro atoms. The van der Waals surface area contributed by atoms with E-state index in [2.05, 4.69) is 24.2 Å². The molecule has 1 saturated carbocycles. The van der Waals surface area contributed by atoms with Crippen molar-refractivity contribution in [3.8, 4) is 23.8 Å². The second kappa shape index (κ2) is 17.0. The summed E-state index contributed by atoms with van der Waals surface area (Å²) in [5, 5.41) is 3.23. The van der Waals surface area contributed by atoms with Crippen LogP contribution in [0.25, 0.3) is 0 Å². The number of alkyl halides is 1. The number of terminal acetylenes is 1. The van der Waals surface area contributed by atoms with E-state index in [-0.39, 0.29) is 59.5 Å². The van der Waals surface area contributed by atoms with Gasteiger partial charge in [0.25, 0.3) is 11.8 Å². The van der Waals surface area contributed by atoms with E-state index in [1.807, 2.05) is 66.4 Å². The van der Waals surface area contributed by atoms with E-state index in [1.54, 1.807) is 31.3 Å². The Hall–Kier alpha value is -5.33. The molecule has 2 aliphatic heterocycles. The second-order valence-corrected chi connectivity index (χ2v) is 15.8. The molecule has 0 radical (unpaired) electrons. The van der Waals surface area contributed by atoms with Crippen molar-refractivity contribution in [2.45, 2.75) is 88.5 Å². The van der Waals surface area contributed by atoms with Crippen LogP contribution in [0, 0.1) is 24.1 Å². The largest absolute Gasteiger partial charge is 0.497 e. The van der Waals surface area contributed by atoms with Crippen LogP contribution >= 0.6 is 11.6 Å². The van der Waals surface area contributed by atoms with Crippen molar-refractivity contribution in [1.82, 2.24) is 15.1 Å². The van der Waals surface area contributed by atoms with Crippen LogP contribution in [0.2, 0.25) is 0 Å². The fraction of sp³-hybridized carbons (Fsp3) is 0.383. The number of ether oxygens (including phenoxy) is 2. The van der Waals surface area contributed by atoms with Gasteiger partial charge in [-0.05, 0) is 126 Å². The highest BCUT2D eigenvalue weighted by Crippen LogP contribution is 2.52. The molecular formula is C47H49ClFN3O5. The highest BCUT2D eigenvalue weighted by atomic mass is 35.5. The molecule has 4 aromatic carbocycles. The highest BCUT2D eigenvalue weighted by molar-refractivity contribution is 6.27. The SMILES string of the molecule is C#CC(=O)N1[C@@H](c2ccc(F)cc2)c2ccc(OC)cc2C(C2CC(NC(=O)c3ccc([C@H]4c5ccc(OC)cc5C[C@H](CCCC)N4C(=O)CCl)cc3)C2)[C@@H]1C. The molecule has 4 aromatic rings. The van der Waals surface area contributed by atoms with E-state index >= 15 is 0 Å². The number of methoxy groups -OCH3 is 2. The first-order valence-corrected chi connectivity index (χ1v) is 20.3. The number of benzene rings is 4. The van der Waals surface area contributed by atoms with Gasteiger partial charge in [0.05, 0.1) is 26.3 Å². The van der Waals surface area contributed by atoms with Gasteiger partial charge in [-0.1, -0.05) is 56.2 Å². The molecule has 5 atom stereocenters. The number of carbonyl (C=O) groups is 3. The maximum absolute atomic E-state index is 14.0. The first-order valence-electron chi connectivity index (χ1n) is 19.8. The topological polar surface area (TPSA) is 88.2 Å². The Balaban J connectivity index is 1.10. The summed E-state index contributed by atoms with van der Waals surface area (Å²) in [5.41, 5.74) is 6.36. The first kappa shape index (κ1) is 39.9. The van der Waals surface area contributed by atoms with Crippen molar-refractivity contribution in [3.05, 3.63) is 130 Å². The van der Waals surface area contributed by atoms with Crippen molar-refractivity contribution in [3.63, 3.8) is 0 Å². The zero-order valence-electron chi connectivity index (χ0n) is 32.8. The highest BCUT2D eigenvalue weighted by Gasteiger charge is 2.48. The number of hydrogen-bond acceptors (Lipinski definition) is 5. The lowest BCUT2D eigenvalue weighted by atomic mass is 9.64. The lowest BCUT2D eigenvalue weighted by Crippen LogP contribution is -2.54. The van der Waals surface area contributed by atoms with Gasteiger partial charge in [0.15, 0.2) is 0 Å².